The molecule has 1 amide bonds. The minimum atomic E-state index is 0.0811. The predicted molar refractivity (Wildman–Crippen MR) is 78.1 cm³/mol. The molecule has 0 aliphatic rings. The van der Waals surface area contributed by atoms with Gasteiger partial charge in [-0.25, -0.2) is 0 Å². The summed E-state index contributed by atoms with van der Waals surface area (Å²) >= 11 is 4.23. The Morgan fingerprint density at radius 3 is 2.58 bits per heavy atom. The molecule has 1 heterocycles. The van der Waals surface area contributed by atoms with Crippen LogP contribution in [-0.4, -0.2) is 22.8 Å². The van der Waals surface area contributed by atoms with Crippen LogP contribution in [-0.2, 0) is 17.8 Å². The number of aromatic nitrogens is 1. The molecule has 0 saturated carbocycles. The van der Waals surface area contributed by atoms with Crippen molar-refractivity contribution in [3.05, 3.63) is 59.9 Å². The van der Waals surface area contributed by atoms with E-state index < -0.39 is 0 Å². The van der Waals surface area contributed by atoms with Crippen LogP contribution in [0.4, 0.5) is 0 Å². The molecule has 98 valence electrons. The van der Waals surface area contributed by atoms with Gasteiger partial charge in [-0.2, -0.15) is 0 Å². The van der Waals surface area contributed by atoms with E-state index in [1.54, 1.807) is 18.1 Å². The molecule has 0 atom stereocenters. The molecule has 0 spiro atoms. The number of benzene rings is 1. The van der Waals surface area contributed by atoms with E-state index in [0.29, 0.717) is 13.0 Å². The molecule has 1 aromatic heterocycles. The average Bonchev–Trinajstić information content (AvgIpc) is 2.42. The number of carbonyl (C=O) groups excluding carboxylic acids is 1. The van der Waals surface area contributed by atoms with Gasteiger partial charge in [-0.15, -0.1) is 12.6 Å². The lowest BCUT2D eigenvalue weighted by atomic mass is 10.1. The molecule has 1 aromatic carbocycles. The standard InChI is InChI=1S/C15H16N2OS/c1-17(11-13-4-2-3-9-16-13)15(18)10-12-5-7-14(19)8-6-12/h2-9,19H,10-11H2,1H3. The minimum Gasteiger partial charge on any atom is -0.340 e. The zero-order valence-electron chi connectivity index (χ0n) is 10.8. The summed E-state index contributed by atoms with van der Waals surface area (Å²) in [5.74, 6) is 0.0811. The highest BCUT2D eigenvalue weighted by Crippen LogP contribution is 2.09. The zero-order valence-corrected chi connectivity index (χ0v) is 11.7. The van der Waals surface area contributed by atoms with E-state index in [4.69, 9.17) is 0 Å². The first-order chi connectivity index (χ1) is 9.15. The van der Waals surface area contributed by atoms with Crippen LogP contribution in [0.25, 0.3) is 0 Å². The quantitative estimate of drug-likeness (QED) is 0.868. The van der Waals surface area contributed by atoms with Crippen LogP contribution >= 0.6 is 12.6 Å². The van der Waals surface area contributed by atoms with Crippen molar-refractivity contribution >= 4 is 18.5 Å². The summed E-state index contributed by atoms with van der Waals surface area (Å²) in [4.78, 5) is 18.9. The third-order valence-corrected chi connectivity index (χ3v) is 3.14. The van der Waals surface area contributed by atoms with E-state index in [-0.39, 0.29) is 5.91 Å². The number of pyridine rings is 1. The second-order valence-corrected chi connectivity index (χ2v) is 4.93. The summed E-state index contributed by atoms with van der Waals surface area (Å²) in [5, 5.41) is 0. The highest BCUT2D eigenvalue weighted by Gasteiger charge is 2.10. The predicted octanol–water partition coefficient (Wildman–Crippen LogP) is 2.57. The van der Waals surface area contributed by atoms with Crippen LogP contribution in [0, 0.1) is 0 Å². The number of amides is 1. The number of carbonyl (C=O) groups is 1. The lowest BCUT2D eigenvalue weighted by Gasteiger charge is -2.16. The molecule has 2 aromatic rings. The van der Waals surface area contributed by atoms with Crippen LogP contribution < -0.4 is 0 Å². The van der Waals surface area contributed by atoms with Gasteiger partial charge in [0.15, 0.2) is 0 Å². The first-order valence-electron chi connectivity index (χ1n) is 6.07. The Labute approximate surface area is 118 Å². The molecule has 0 fully saturated rings. The molecule has 4 heteroatoms. The number of hydrogen-bond acceptors (Lipinski definition) is 3. The van der Waals surface area contributed by atoms with Gasteiger partial charge in [0.1, 0.15) is 0 Å². The van der Waals surface area contributed by atoms with Crippen LogP contribution in [0.1, 0.15) is 11.3 Å². The topological polar surface area (TPSA) is 33.2 Å². The van der Waals surface area contributed by atoms with Crippen molar-refractivity contribution in [2.45, 2.75) is 17.9 Å². The first kappa shape index (κ1) is 13.6. The molecule has 0 aliphatic heterocycles. The fourth-order valence-corrected chi connectivity index (χ4v) is 1.90. The van der Waals surface area contributed by atoms with E-state index in [2.05, 4.69) is 17.6 Å². The molecule has 0 saturated heterocycles. The van der Waals surface area contributed by atoms with Gasteiger partial charge in [0.2, 0.25) is 5.91 Å². The van der Waals surface area contributed by atoms with E-state index >= 15 is 0 Å². The van der Waals surface area contributed by atoms with Crippen molar-refractivity contribution in [2.75, 3.05) is 7.05 Å². The van der Waals surface area contributed by atoms with Gasteiger partial charge in [-0.05, 0) is 29.8 Å². The van der Waals surface area contributed by atoms with E-state index in [1.807, 2.05) is 42.5 Å². The maximum absolute atomic E-state index is 12.1. The van der Waals surface area contributed by atoms with E-state index in [1.165, 1.54) is 0 Å². The van der Waals surface area contributed by atoms with Crippen molar-refractivity contribution in [3.8, 4) is 0 Å². The van der Waals surface area contributed by atoms with Gasteiger partial charge >= 0.3 is 0 Å². The molecule has 2 rings (SSSR count). The number of nitrogens with zero attached hydrogens (tertiary/aromatic N) is 2. The largest absolute Gasteiger partial charge is 0.340 e. The van der Waals surface area contributed by atoms with Gasteiger partial charge < -0.3 is 4.90 Å². The Hall–Kier alpha value is -1.81. The second kappa shape index (κ2) is 6.38. The van der Waals surface area contributed by atoms with Crippen LogP contribution in [0.15, 0.2) is 53.6 Å². The molecule has 0 bridgehead atoms. The number of rotatable bonds is 4. The van der Waals surface area contributed by atoms with Gasteiger partial charge in [0.05, 0.1) is 18.7 Å². The van der Waals surface area contributed by atoms with E-state index in [9.17, 15) is 4.79 Å². The van der Waals surface area contributed by atoms with Crippen LogP contribution in [0.2, 0.25) is 0 Å². The molecule has 0 aliphatic carbocycles. The molecule has 0 radical (unpaired) electrons. The Morgan fingerprint density at radius 2 is 1.95 bits per heavy atom. The third-order valence-electron chi connectivity index (χ3n) is 2.84. The lowest BCUT2D eigenvalue weighted by Crippen LogP contribution is -2.28. The molecule has 0 N–H and O–H groups in total. The summed E-state index contributed by atoms with van der Waals surface area (Å²) in [6.45, 7) is 0.532. The Kier molecular flexibility index (Phi) is 4.58. The van der Waals surface area contributed by atoms with E-state index in [0.717, 1.165) is 16.2 Å². The Morgan fingerprint density at radius 1 is 1.21 bits per heavy atom. The number of thiol groups is 1. The molecule has 3 nitrogen and oxygen atoms in total. The molecule has 19 heavy (non-hydrogen) atoms. The zero-order chi connectivity index (χ0) is 13.7. The lowest BCUT2D eigenvalue weighted by molar-refractivity contribution is -0.129. The maximum atomic E-state index is 12.1. The van der Waals surface area contributed by atoms with Crippen molar-refractivity contribution in [2.24, 2.45) is 0 Å². The maximum Gasteiger partial charge on any atom is 0.227 e. The average molecular weight is 272 g/mol. The SMILES string of the molecule is CN(Cc1ccccn1)C(=O)Cc1ccc(S)cc1. The van der Waals surface area contributed by atoms with Crippen LogP contribution in [0.3, 0.4) is 0 Å². The molecular formula is C15H16N2OS. The fraction of sp³-hybridized carbons (Fsp3) is 0.200. The molecule has 0 unspecified atom stereocenters. The minimum absolute atomic E-state index is 0.0811. The Bertz CT molecular complexity index is 540. The highest BCUT2D eigenvalue weighted by atomic mass is 32.1. The third kappa shape index (κ3) is 4.10. The second-order valence-electron chi connectivity index (χ2n) is 4.41. The Balaban J connectivity index is 1.94. The smallest absolute Gasteiger partial charge is 0.227 e. The normalized spacial score (nSPS) is 10.2. The van der Waals surface area contributed by atoms with Gasteiger partial charge in [0, 0.05) is 18.1 Å². The van der Waals surface area contributed by atoms with Crippen molar-refractivity contribution < 1.29 is 4.79 Å². The van der Waals surface area contributed by atoms with Gasteiger partial charge in [-0.3, -0.25) is 9.78 Å². The monoisotopic (exact) mass is 272 g/mol. The highest BCUT2D eigenvalue weighted by molar-refractivity contribution is 7.80. The summed E-state index contributed by atoms with van der Waals surface area (Å²) in [6, 6.07) is 13.3. The number of likely N-dealkylation sites (N-methyl/N-ethyl adjacent to an activating group) is 1. The van der Waals surface area contributed by atoms with Crippen molar-refractivity contribution in [1.29, 1.82) is 0 Å². The summed E-state index contributed by atoms with van der Waals surface area (Å²) in [6.07, 6.45) is 2.14. The van der Waals surface area contributed by atoms with Crippen LogP contribution in [0.5, 0.6) is 0 Å². The van der Waals surface area contributed by atoms with Gasteiger partial charge in [0.25, 0.3) is 0 Å². The summed E-state index contributed by atoms with van der Waals surface area (Å²) in [5.41, 5.74) is 1.89. The number of hydrogen-bond donors (Lipinski definition) is 1. The van der Waals surface area contributed by atoms with Gasteiger partial charge in [-0.1, -0.05) is 18.2 Å². The molecular weight excluding hydrogens is 256 g/mol. The summed E-state index contributed by atoms with van der Waals surface area (Å²) in [7, 11) is 1.80. The fourth-order valence-electron chi connectivity index (χ4n) is 1.75. The first-order valence-corrected chi connectivity index (χ1v) is 6.51. The van der Waals surface area contributed by atoms with Crippen molar-refractivity contribution in [3.63, 3.8) is 0 Å². The summed E-state index contributed by atoms with van der Waals surface area (Å²) < 4.78 is 0. The van der Waals surface area contributed by atoms with Crippen molar-refractivity contribution in [1.82, 2.24) is 9.88 Å².